The first-order valence-electron chi connectivity index (χ1n) is 8.46. The lowest BCUT2D eigenvalue weighted by Gasteiger charge is -2.21. The fraction of sp³-hybridized carbons (Fsp3) is 0.300. The van der Waals surface area contributed by atoms with Crippen molar-refractivity contribution < 1.29 is 14.4 Å². The molecular formula is C20H22N2O3. The Balaban J connectivity index is 1.38. The second-order valence-corrected chi connectivity index (χ2v) is 5.98. The summed E-state index contributed by atoms with van der Waals surface area (Å²) in [6.07, 6.45) is 3.17. The standard InChI is InChI=1S/C20H22N2O3/c23-20(24-14-16-7-3-1-4-8-16)19-12-11-18(13-21-19)22-25-15-17-9-5-2-6-10-17/h1-10,13,18-19,22H,11-12,14-15H2. The fourth-order valence-corrected chi connectivity index (χ4v) is 2.59. The van der Waals surface area contributed by atoms with Crippen molar-refractivity contribution in [2.45, 2.75) is 38.1 Å². The number of hydrogen-bond acceptors (Lipinski definition) is 5. The number of benzene rings is 2. The van der Waals surface area contributed by atoms with Crippen LogP contribution in [0.2, 0.25) is 0 Å². The first-order valence-corrected chi connectivity index (χ1v) is 8.46. The normalized spacial score (nSPS) is 19.5. The molecule has 0 bridgehead atoms. The Morgan fingerprint density at radius 2 is 1.60 bits per heavy atom. The van der Waals surface area contributed by atoms with Gasteiger partial charge in [0, 0.05) is 6.21 Å². The zero-order valence-corrected chi connectivity index (χ0v) is 14.0. The van der Waals surface area contributed by atoms with Gasteiger partial charge in [0.15, 0.2) is 0 Å². The number of nitrogens with zero attached hydrogens (tertiary/aromatic N) is 1. The van der Waals surface area contributed by atoms with Gasteiger partial charge >= 0.3 is 5.97 Å². The quantitative estimate of drug-likeness (QED) is 0.623. The summed E-state index contributed by atoms with van der Waals surface area (Å²) in [5, 5.41) is 0. The molecular weight excluding hydrogens is 316 g/mol. The smallest absolute Gasteiger partial charge is 0.331 e. The van der Waals surface area contributed by atoms with Crippen molar-refractivity contribution in [3.63, 3.8) is 0 Å². The largest absolute Gasteiger partial charge is 0.459 e. The average Bonchev–Trinajstić information content (AvgIpc) is 2.68. The van der Waals surface area contributed by atoms with E-state index in [9.17, 15) is 4.79 Å². The van der Waals surface area contributed by atoms with Crippen LogP contribution in [-0.4, -0.2) is 24.3 Å². The summed E-state index contributed by atoms with van der Waals surface area (Å²) in [4.78, 5) is 21.9. The van der Waals surface area contributed by atoms with Crippen LogP contribution in [0.5, 0.6) is 0 Å². The van der Waals surface area contributed by atoms with Crippen LogP contribution in [0.3, 0.4) is 0 Å². The molecule has 0 fully saturated rings. The molecule has 0 spiro atoms. The maximum Gasteiger partial charge on any atom is 0.331 e. The SMILES string of the molecule is O=C(OCc1ccccc1)C1CCC(NOCc2ccccc2)C=N1. The molecule has 1 heterocycles. The molecule has 0 radical (unpaired) electrons. The molecule has 25 heavy (non-hydrogen) atoms. The van der Waals surface area contributed by atoms with Gasteiger partial charge in [-0.15, -0.1) is 0 Å². The fourth-order valence-electron chi connectivity index (χ4n) is 2.59. The first kappa shape index (κ1) is 17.3. The van der Waals surface area contributed by atoms with Gasteiger partial charge in [0.2, 0.25) is 0 Å². The number of aliphatic imine (C=N–C) groups is 1. The zero-order valence-electron chi connectivity index (χ0n) is 14.0. The molecule has 0 amide bonds. The van der Waals surface area contributed by atoms with E-state index in [1.807, 2.05) is 60.7 Å². The van der Waals surface area contributed by atoms with Crippen LogP contribution in [0, 0.1) is 0 Å². The van der Waals surface area contributed by atoms with E-state index in [1.54, 1.807) is 6.21 Å². The summed E-state index contributed by atoms with van der Waals surface area (Å²) in [6.45, 7) is 0.779. The predicted molar refractivity (Wildman–Crippen MR) is 95.9 cm³/mol. The number of rotatable bonds is 7. The third kappa shape index (κ3) is 5.52. The second-order valence-electron chi connectivity index (χ2n) is 5.98. The molecule has 130 valence electrons. The Morgan fingerprint density at radius 3 is 2.20 bits per heavy atom. The van der Waals surface area contributed by atoms with E-state index in [0.29, 0.717) is 13.0 Å². The van der Waals surface area contributed by atoms with Crippen molar-refractivity contribution in [3.8, 4) is 0 Å². The van der Waals surface area contributed by atoms with Crippen LogP contribution >= 0.6 is 0 Å². The number of hydrogen-bond donors (Lipinski definition) is 1. The van der Waals surface area contributed by atoms with E-state index < -0.39 is 6.04 Å². The molecule has 0 saturated carbocycles. The topological polar surface area (TPSA) is 59.9 Å². The lowest BCUT2D eigenvalue weighted by molar-refractivity contribution is -0.146. The van der Waals surface area contributed by atoms with Gasteiger partial charge in [0.05, 0.1) is 12.6 Å². The van der Waals surface area contributed by atoms with Crippen molar-refractivity contribution in [2.75, 3.05) is 0 Å². The van der Waals surface area contributed by atoms with Gasteiger partial charge in [-0.1, -0.05) is 60.7 Å². The maximum atomic E-state index is 12.1. The molecule has 5 nitrogen and oxygen atoms in total. The van der Waals surface area contributed by atoms with Crippen molar-refractivity contribution >= 4 is 12.2 Å². The molecule has 2 aromatic rings. The summed E-state index contributed by atoms with van der Waals surface area (Å²) in [5.41, 5.74) is 5.06. The highest BCUT2D eigenvalue weighted by molar-refractivity contribution is 5.80. The summed E-state index contributed by atoms with van der Waals surface area (Å²) >= 11 is 0. The van der Waals surface area contributed by atoms with Gasteiger partial charge in [-0.2, -0.15) is 5.48 Å². The van der Waals surface area contributed by atoms with E-state index in [1.165, 1.54) is 0 Å². The van der Waals surface area contributed by atoms with Crippen LogP contribution in [0.25, 0.3) is 0 Å². The van der Waals surface area contributed by atoms with Crippen LogP contribution in [-0.2, 0) is 27.6 Å². The Labute approximate surface area is 147 Å². The van der Waals surface area contributed by atoms with Crippen molar-refractivity contribution in [1.82, 2.24) is 5.48 Å². The van der Waals surface area contributed by atoms with Crippen molar-refractivity contribution in [1.29, 1.82) is 0 Å². The zero-order chi connectivity index (χ0) is 17.3. The minimum absolute atomic E-state index is 0.0156. The van der Waals surface area contributed by atoms with E-state index in [0.717, 1.165) is 17.5 Å². The molecule has 1 N–H and O–H groups in total. The molecule has 0 saturated heterocycles. The Morgan fingerprint density at radius 1 is 0.960 bits per heavy atom. The minimum atomic E-state index is -0.420. The van der Waals surface area contributed by atoms with E-state index in [4.69, 9.17) is 9.57 Å². The van der Waals surface area contributed by atoms with Crippen molar-refractivity contribution in [2.24, 2.45) is 4.99 Å². The monoisotopic (exact) mass is 338 g/mol. The molecule has 0 aromatic heterocycles. The summed E-state index contributed by atoms with van der Waals surface area (Å²) in [5.74, 6) is -0.274. The number of carbonyl (C=O) groups excluding carboxylic acids is 1. The van der Waals surface area contributed by atoms with E-state index >= 15 is 0 Å². The maximum absolute atomic E-state index is 12.1. The lowest BCUT2D eigenvalue weighted by atomic mass is 10.0. The van der Waals surface area contributed by atoms with E-state index in [2.05, 4.69) is 10.5 Å². The van der Waals surface area contributed by atoms with Gasteiger partial charge in [0.25, 0.3) is 0 Å². The van der Waals surface area contributed by atoms with Crippen LogP contribution in [0.4, 0.5) is 0 Å². The molecule has 0 aliphatic carbocycles. The van der Waals surface area contributed by atoms with Crippen molar-refractivity contribution in [3.05, 3.63) is 71.8 Å². The summed E-state index contributed by atoms with van der Waals surface area (Å²) in [7, 11) is 0. The number of hydroxylamine groups is 1. The molecule has 2 atom stereocenters. The van der Waals surface area contributed by atoms with Gasteiger partial charge in [-0.05, 0) is 24.0 Å². The third-order valence-corrected chi connectivity index (χ3v) is 4.01. The molecule has 2 aromatic carbocycles. The molecule has 5 heteroatoms. The second kappa shape index (κ2) is 9.11. The van der Waals surface area contributed by atoms with Crippen LogP contribution in [0.15, 0.2) is 65.7 Å². The number of carbonyl (C=O) groups is 1. The predicted octanol–water partition coefficient (Wildman–Crippen LogP) is 3.05. The minimum Gasteiger partial charge on any atom is -0.459 e. The average molecular weight is 338 g/mol. The highest BCUT2D eigenvalue weighted by Crippen LogP contribution is 2.13. The first-order chi connectivity index (χ1) is 12.3. The Bertz CT molecular complexity index is 689. The van der Waals surface area contributed by atoms with Gasteiger partial charge in [-0.25, -0.2) is 4.79 Å². The molecule has 3 rings (SSSR count). The van der Waals surface area contributed by atoms with Gasteiger partial charge < -0.3 is 4.74 Å². The van der Waals surface area contributed by atoms with Gasteiger partial charge in [0.1, 0.15) is 12.6 Å². The summed E-state index contributed by atoms with van der Waals surface area (Å²) < 4.78 is 5.34. The number of ether oxygens (including phenoxy) is 1. The van der Waals surface area contributed by atoms with Gasteiger partial charge in [-0.3, -0.25) is 9.83 Å². The highest BCUT2D eigenvalue weighted by Gasteiger charge is 2.24. The van der Waals surface area contributed by atoms with Crippen LogP contribution < -0.4 is 5.48 Å². The number of nitrogens with one attached hydrogen (secondary N) is 1. The third-order valence-electron chi connectivity index (χ3n) is 4.01. The number of esters is 1. The Kier molecular flexibility index (Phi) is 6.31. The molecule has 1 aliphatic heterocycles. The Hall–Kier alpha value is -2.50. The highest BCUT2D eigenvalue weighted by atomic mass is 16.6. The molecule has 2 unspecified atom stereocenters. The van der Waals surface area contributed by atoms with Crippen LogP contribution in [0.1, 0.15) is 24.0 Å². The van der Waals surface area contributed by atoms with E-state index in [-0.39, 0.29) is 18.6 Å². The molecule has 1 aliphatic rings. The summed E-state index contributed by atoms with van der Waals surface area (Å²) in [6, 6.07) is 19.2. The lowest BCUT2D eigenvalue weighted by Crippen LogP contribution is -2.37.